The van der Waals surface area contributed by atoms with E-state index in [0.29, 0.717) is 0 Å². The highest BCUT2D eigenvalue weighted by Crippen LogP contribution is 2.29. The van der Waals surface area contributed by atoms with E-state index in [-0.39, 0.29) is 18.0 Å². The van der Waals surface area contributed by atoms with Crippen molar-refractivity contribution in [1.82, 2.24) is 10.2 Å². The molecule has 20 heavy (non-hydrogen) atoms. The van der Waals surface area contributed by atoms with Gasteiger partial charge in [0.1, 0.15) is 17.7 Å². The van der Waals surface area contributed by atoms with Gasteiger partial charge in [-0.05, 0) is 25.2 Å². The molecule has 0 saturated carbocycles. The highest BCUT2D eigenvalue weighted by Gasteiger charge is 2.28. The summed E-state index contributed by atoms with van der Waals surface area (Å²) in [5.74, 6) is 0.643. The van der Waals surface area contributed by atoms with Crippen LogP contribution in [0.4, 0.5) is 4.39 Å². The number of fused-ring (bicyclic) bond motifs is 1. The van der Waals surface area contributed by atoms with Crippen LogP contribution in [0.5, 0.6) is 5.75 Å². The van der Waals surface area contributed by atoms with Crippen LogP contribution in [0.25, 0.3) is 0 Å². The minimum absolute atomic E-state index is 0.125. The van der Waals surface area contributed by atoms with Crippen LogP contribution in [0.1, 0.15) is 5.56 Å². The molecule has 0 aliphatic carbocycles. The topological polar surface area (TPSA) is 33.7 Å². The maximum Gasteiger partial charge on any atom is 0.123 e. The summed E-state index contributed by atoms with van der Waals surface area (Å²) in [7, 11) is 1.94. The van der Waals surface area contributed by atoms with E-state index in [0.717, 1.165) is 50.5 Å². The Morgan fingerprint density at radius 2 is 2.30 bits per heavy atom. The Balaban J connectivity index is 1.55. The number of nitrogens with zero attached hydrogens (tertiary/aromatic N) is 1. The average molecular weight is 280 g/mol. The minimum Gasteiger partial charge on any atom is -0.488 e. The quantitative estimate of drug-likeness (QED) is 0.894. The second-order valence-corrected chi connectivity index (χ2v) is 5.51. The first-order valence-corrected chi connectivity index (χ1v) is 7.18. The Hall–Kier alpha value is -1.17. The standard InChI is InChI=1S/C15H21FN2O2/c1-17-8-14-10-18(4-5-19-14)9-13-7-11-6-12(16)2-3-15(11)20-13/h2-3,6,13-14,17H,4-5,7-10H2,1H3. The molecule has 2 heterocycles. The molecule has 0 bridgehead atoms. The molecule has 110 valence electrons. The van der Waals surface area contributed by atoms with Crippen molar-refractivity contribution in [2.24, 2.45) is 0 Å². The summed E-state index contributed by atoms with van der Waals surface area (Å²) in [6, 6.07) is 4.77. The van der Waals surface area contributed by atoms with E-state index in [4.69, 9.17) is 9.47 Å². The summed E-state index contributed by atoms with van der Waals surface area (Å²) in [6.07, 6.45) is 1.16. The molecule has 2 aliphatic heterocycles. The molecule has 4 nitrogen and oxygen atoms in total. The molecule has 3 rings (SSSR count). The van der Waals surface area contributed by atoms with E-state index in [1.165, 1.54) is 6.07 Å². The molecular weight excluding hydrogens is 259 g/mol. The lowest BCUT2D eigenvalue weighted by Crippen LogP contribution is -2.49. The molecule has 2 aliphatic rings. The van der Waals surface area contributed by atoms with E-state index >= 15 is 0 Å². The molecule has 5 heteroatoms. The summed E-state index contributed by atoms with van der Waals surface area (Å²) < 4.78 is 24.8. The van der Waals surface area contributed by atoms with Crippen LogP contribution in [0.15, 0.2) is 18.2 Å². The largest absolute Gasteiger partial charge is 0.488 e. The maximum absolute atomic E-state index is 13.2. The van der Waals surface area contributed by atoms with Crippen LogP contribution in [-0.2, 0) is 11.2 Å². The van der Waals surface area contributed by atoms with E-state index < -0.39 is 0 Å². The minimum atomic E-state index is -0.187. The Morgan fingerprint density at radius 3 is 3.15 bits per heavy atom. The van der Waals surface area contributed by atoms with Gasteiger partial charge in [-0.15, -0.1) is 0 Å². The van der Waals surface area contributed by atoms with Crippen LogP contribution in [0.2, 0.25) is 0 Å². The highest BCUT2D eigenvalue weighted by molar-refractivity contribution is 5.37. The summed E-state index contributed by atoms with van der Waals surface area (Å²) >= 11 is 0. The van der Waals surface area contributed by atoms with Gasteiger partial charge in [-0.1, -0.05) is 0 Å². The zero-order valence-corrected chi connectivity index (χ0v) is 11.8. The van der Waals surface area contributed by atoms with Gasteiger partial charge in [-0.25, -0.2) is 4.39 Å². The van der Waals surface area contributed by atoms with Gasteiger partial charge in [-0.2, -0.15) is 0 Å². The average Bonchev–Trinajstić information content (AvgIpc) is 2.81. The number of morpholine rings is 1. The summed E-state index contributed by atoms with van der Waals surface area (Å²) in [5, 5.41) is 3.15. The number of ether oxygens (including phenoxy) is 2. The third-order valence-electron chi connectivity index (χ3n) is 3.88. The number of likely N-dealkylation sites (N-methyl/N-ethyl adjacent to an activating group) is 1. The lowest BCUT2D eigenvalue weighted by Gasteiger charge is -2.34. The number of hydrogen-bond acceptors (Lipinski definition) is 4. The second-order valence-electron chi connectivity index (χ2n) is 5.51. The second kappa shape index (κ2) is 6.08. The fourth-order valence-corrected chi connectivity index (χ4v) is 2.98. The molecule has 1 fully saturated rings. The van der Waals surface area contributed by atoms with Gasteiger partial charge in [0.05, 0.1) is 12.7 Å². The summed E-state index contributed by atoms with van der Waals surface area (Å²) in [4.78, 5) is 2.37. The molecule has 1 aromatic carbocycles. The summed E-state index contributed by atoms with van der Waals surface area (Å²) in [5.41, 5.74) is 0.982. The van der Waals surface area contributed by atoms with Crippen LogP contribution in [-0.4, -0.2) is 56.9 Å². The first-order chi connectivity index (χ1) is 9.74. The molecule has 0 aromatic heterocycles. The Kier molecular flexibility index (Phi) is 4.19. The normalized spacial score (nSPS) is 26.3. The molecular formula is C15H21FN2O2. The van der Waals surface area contributed by atoms with Gasteiger partial charge >= 0.3 is 0 Å². The molecule has 2 atom stereocenters. The van der Waals surface area contributed by atoms with Crippen LogP contribution in [0, 0.1) is 5.82 Å². The number of rotatable bonds is 4. The molecule has 0 spiro atoms. The van der Waals surface area contributed by atoms with Crippen molar-refractivity contribution in [1.29, 1.82) is 0 Å². The predicted molar refractivity (Wildman–Crippen MR) is 74.6 cm³/mol. The zero-order chi connectivity index (χ0) is 13.9. The lowest BCUT2D eigenvalue weighted by atomic mass is 10.1. The molecule has 1 saturated heterocycles. The van der Waals surface area contributed by atoms with Crippen molar-refractivity contribution in [2.75, 3.05) is 39.8 Å². The number of benzene rings is 1. The Labute approximate surface area is 118 Å². The van der Waals surface area contributed by atoms with Crippen LogP contribution < -0.4 is 10.1 Å². The van der Waals surface area contributed by atoms with Crippen LogP contribution >= 0.6 is 0 Å². The van der Waals surface area contributed by atoms with Gasteiger partial charge in [0.2, 0.25) is 0 Å². The van der Waals surface area contributed by atoms with Gasteiger partial charge in [0.25, 0.3) is 0 Å². The van der Waals surface area contributed by atoms with Gasteiger partial charge < -0.3 is 14.8 Å². The molecule has 1 N–H and O–H groups in total. The molecule has 0 amide bonds. The van der Waals surface area contributed by atoms with Crippen molar-refractivity contribution in [3.8, 4) is 5.75 Å². The lowest BCUT2D eigenvalue weighted by molar-refractivity contribution is -0.0347. The van der Waals surface area contributed by atoms with Crippen molar-refractivity contribution < 1.29 is 13.9 Å². The van der Waals surface area contributed by atoms with E-state index in [9.17, 15) is 4.39 Å². The fourth-order valence-electron chi connectivity index (χ4n) is 2.98. The fraction of sp³-hybridized carbons (Fsp3) is 0.600. The molecule has 1 aromatic rings. The van der Waals surface area contributed by atoms with Gasteiger partial charge in [-0.3, -0.25) is 4.90 Å². The van der Waals surface area contributed by atoms with E-state index in [1.807, 2.05) is 7.05 Å². The summed E-state index contributed by atoms with van der Waals surface area (Å²) in [6.45, 7) is 4.37. The SMILES string of the molecule is CNCC1CN(CC2Cc3cc(F)ccc3O2)CCO1. The first-order valence-electron chi connectivity index (χ1n) is 7.18. The van der Waals surface area contributed by atoms with Crippen molar-refractivity contribution >= 4 is 0 Å². The monoisotopic (exact) mass is 280 g/mol. The third-order valence-corrected chi connectivity index (χ3v) is 3.88. The highest BCUT2D eigenvalue weighted by atomic mass is 19.1. The third kappa shape index (κ3) is 3.11. The Morgan fingerprint density at radius 1 is 1.40 bits per heavy atom. The number of halogens is 1. The molecule has 2 unspecified atom stereocenters. The van der Waals surface area contributed by atoms with Crippen molar-refractivity contribution in [2.45, 2.75) is 18.6 Å². The van der Waals surface area contributed by atoms with Crippen molar-refractivity contribution in [3.63, 3.8) is 0 Å². The van der Waals surface area contributed by atoms with E-state index in [1.54, 1.807) is 12.1 Å². The first kappa shape index (κ1) is 13.8. The predicted octanol–water partition coefficient (Wildman–Crippen LogP) is 1.05. The smallest absolute Gasteiger partial charge is 0.123 e. The number of nitrogens with one attached hydrogen (secondary N) is 1. The van der Waals surface area contributed by atoms with Crippen molar-refractivity contribution in [3.05, 3.63) is 29.6 Å². The maximum atomic E-state index is 13.2. The molecule has 0 radical (unpaired) electrons. The van der Waals surface area contributed by atoms with Crippen LogP contribution in [0.3, 0.4) is 0 Å². The van der Waals surface area contributed by atoms with Gasteiger partial charge in [0, 0.05) is 38.2 Å². The van der Waals surface area contributed by atoms with E-state index in [2.05, 4.69) is 10.2 Å². The van der Waals surface area contributed by atoms with Gasteiger partial charge in [0.15, 0.2) is 0 Å². The number of hydrogen-bond donors (Lipinski definition) is 1. The zero-order valence-electron chi connectivity index (χ0n) is 11.8. The Bertz CT molecular complexity index is 467.